The summed E-state index contributed by atoms with van der Waals surface area (Å²) in [7, 11) is 1.66. The van der Waals surface area contributed by atoms with Crippen molar-refractivity contribution in [3.63, 3.8) is 0 Å². The molecule has 34 heavy (non-hydrogen) atoms. The molecule has 0 aliphatic heterocycles. The van der Waals surface area contributed by atoms with Crippen molar-refractivity contribution in [1.82, 2.24) is 20.2 Å². The molecule has 0 fully saturated rings. The van der Waals surface area contributed by atoms with Crippen LogP contribution < -0.4 is 9.47 Å². The van der Waals surface area contributed by atoms with Gasteiger partial charge in [0.2, 0.25) is 0 Å². The first-order chi connectivity index (χ1) is 16.8. The molecule has 0 bridgehead atoms. The first-order valence-electron chi connectivity index (χ1n) is 11.3. The number of methoxy groups -OCH3 is 1. The number of H-pyrrole nitrogens is 2. The van der Waals surface area contributed by atoms with E-state index in [0.29, 0.717) is 6.61 Å². The zero-order valence-corrected chi connectivity index (χ0v) is 19.0. The highest BCUT2D eigenvalue weighted by molar-refractivity contribution is 5.80. The van der Waals surface area contributed by atoms with Crippen LogP contribution in [0.2, 0.25) is 0 Å². The zero-order chi connectivity index (χ0) is 23.2. The van der Waals surface area contributed by atoms with Gasteiger partial charge in [-0.25, -0.2) is 0 Å². The summed E-state index contributed by atoms with van der Waals surface area (Å²) in [5.74, 6) is 1.50. The highest BCUT2D eigenvalue weighted by Crippen LogP contribution is 2.27. The van der Waals surface area contributed by atoms with E-state index < -0.39 is 0 Å². The predicted octanol–water partition coefficient (Wildman–Crippen LogP) is 5.83. The van der Waals surface area contributed by atoms with Gasteiger partial charge in [-0.1, -0.05) is 18.2 Å². The number of hydrogen-bond donors (Lipinski definition) is 2. The first kappa shape index (κ1) is 21.5. The van der Waals surface area contributed by atoms with E-state index >= 15 is 0 Å². The van der Waals surface area contributed by atoms with E-state index in [-0.39, 0.29) is 0 Å². The molecule has 0 spiro atoms. The van der Waals surface area contributed by atoms with Crippen molar-refractivity contribution in [2.45, 2.75) is 19.4 Å². The lowest BCUT2D eigenvalue weighted by atomic mass is 10.1. The van der Waals surface area contributed by atoms with Crippen LogP contribution in [0.4, 0.5) is 0 Å². The summed E-state index contributed by atoms with van der Waals surface area (Å²) >= 11 is 0. The summed E-state index contributed by atoms with van der Waals surface area (Å²) in [5.41, 5.74) is 6.41. The van der Waals surface area contributed by atoms with Gasteiger partial charge in [-0.2, -0.15) is 5.10 Å². The van der Waals surface area contributed by atoms with Crippen LogP contribution in [0.5, 0.6) is 11.5 Å². The monoisotopic (exact) mass is 450 g/mol. The van der Waals surface area contributed by atoms with Crippen LogP contribution in [-0.4, -0.2) is 27.3 Å². The molecule has 0 atom stereocenters. The minimum atomic E-state index is 0.482. The molecule has 0 aliphatic rings. The van der Waals surface area contributed by atoms with E-state index in [1.165, 1.54) is 16.6 Å². The van der Waals surface area contributed by atoms with E-state index in [9.17, 15) is 0 Å². The van der Waals surface area contributed by atoms with E-state index in [2.05, 4.69) is 50.5 Å². The van der Waals surface area contributed by atoms with Gasteiger partial charge in [-0.05, 0) is 78.4 Å². The number of ether oxygens (including phenoxy) is 2. The molecule has 6 heteroatoms. The third-order valence-electron chi connectivity index (χ3n) is 5.69. The SMILES string of the molecule is COc1cc(OCc2ccncc2)ccc1/C=C/c1cc(CCc2cc3ccccc3[nH]2)[nH]n1. The lowest BCUT2D eigenvalue weighted by Crippen LogP contribution is -1.96. The van der Waals surface area contributed by atoms with E-state index in [0.717, 1.165) is 46.9 Å². The average molecular weight is 451 g/mol. The third-order valence-corrected chi connectivity index (χ3v) is 5.69. The summed E-state index contributed by atoms with van der Waals surface area (Å²) in [4.78, 5) is 7.51. The van der Waals surface area contributed by atoms with Gasteiger partial charge in [0, 0.05) is 40.9 Å². The molecule has 5 rings (SSSR count). The van der Waals surface area contributed by atoms with E-state index in [1.807, 2.05) is 48.6 Å². The van der Waals surface area contributed by atoms with Gasteiger partial charge < -0.3 is 14.5 Å². The number of fused-ring (bicyclic) bond motifs is 1. The van der Waals surface area contributed by atoms with Crippen LogP contribution in [-0.2, 0) is 19.4 Å². The van der Waals surface area contributed by atoms with Gasteiger partial charge >= 0.3 is 0 Å². The van der Waals surface area contributed by atoms with Crippen LogP contribution >= 0.6 is 0 Å². The fourth-order valence-corrected chi connectivity index (χ4v) is 3.87. The van der Waals surface area contributed by atoms with Crippen molar-refractivity contribution in [2.24, 2.45) is 0 Å². The minimum absolute atomic E-state index is 0.482. The fourth-order valence-electron chi connectivity index (χ4n) is 3.87. The van der Waals surface area contributed by atoms with Crippen molar-refractivity contribution in [1.29, 1.82) is 0 Å². The number of pyridine rings is 1. The summed E-state index contributed by atoms with van der Waals surface area (Å²) < 4.78 is 11.5. The van der Waals surface area contributed by atoms with Gasteiger partial charge in [-0.15, -0.1) is 0 Å². The number of benzene rings is 2. The second kappa shape index (κ2) is 10.1. The Hall–Kier alpha value is -4.32. The highest BCUT2D eigenvalue weighted by Gasteiger charge is 2.06. The van der Waals surface area contributed by atoms with Crippen LogP contribution in [0.25, 0.3) is 23.1 Å². The molecular weight excluding hydrogens is 424 g/mol. The molecule has 2 N–H and O–H groups in total. The number of para-hydroxylation sites is 1. The third kappa shape index (κ3) is 5.18. The maximum Gasteiger partial charge on any atom is 0.129 e. The number of rotatable bonds is 9. The van der Waals surface area contributed by atoms with Crippen LogP contribution in [0, 0.1) is 0 Å². The van der Waals surface area contributed by atoms with Crippen LogP contribution in [0.1, 0.15) is 28.2 Å². The maximum absolute atomic E-state index is 5.89. The molecule has 0 amide bonds. The van der Waals surface area contributed by atoms with E-state index in [1.54, 1.807) is 19.5 Å². The molecule has 0 saturated heterocycles. The molecule has 3 aromatic heterocycles. The number of aryl methyl sites for hydroxylation is 2. The van der Waals surface area contributed by atoms with Gasteiger partial charge in [0.05, 0.1) is 12.8 Å². The molecule has 0 aliphatic carbocycles. The summed E-state index contributed by atoms with van der Waals surface area (Å²) in [6.07, 6.45) is 9.32. The smallest absolute Gasteiger partial charge is 0.129 e. The normalized spacial score (nSPS) is 11.3. The standard InChI is InChI=1S/C28H26N4O2/c1-33-28-18-26(34-19-20-12-14-29-15-13-20)11-7-21(28)6-8-24-17-25(32-31-24)10-9-23-16-22-4-2-3-5-27(22)30-23/h2-8,11-18,30H,9-10,19H2,1H3,(H,31,32)/b8-6+. The molecule has 5 aromatic rings. The molecule has 0 radical (unpaired) electrons. The second-order valence-electron chi connectivity index (χ2n) is 8.08. The Morgan fingerprint density at radius 2 is 1.74 bits per heavy atom. The fraction of sp³-hybridized carbons (Fsp3) is 0.143. The van der Waals surface area contributed by atoms with Crippen molar-refractivity contribution in [2.75, 3.05) is 7.11 Å². The van der Waals surface area contributed by atoms with Gasteiger partial charge in [0.25, 0.3) is 0 Å². The number of aromatic nitrogens is 4. The van der Waals surface area contributed by atoms with Crippen molar-refractivity contribution in [3.8, 4) is 11.5 Å². The Bertz CT molecular complexity index is 1370. The Labute approximate surface area is 198 Å². The van der Waals surface area contributed by atoms with Crippen molar-refractivity contribution < 1.29 is 9.47 Å². The van der Waals surface area contributed by atoms with Crippen molar-refractivity contribution >= 4 is 23.1 Å². The maximum atomic E-state index is 5.89. The van der Waals surface area contributed by atoms with Crippen LogP contribution in [0.15, 0.2) is 79.1 Å². The quantitative estimate of drug-likeness (QED) is 0.296. The summed E-state index contributed by atoms with van der Waals surface area (Å²) in [6.45, 7) is 0.482. The number of nitrogens with zero attached hydrogens (tertiary/aromatic N) is 2. The summed E-state index contributed by atoms with van der Waals surface area (Å²) in [5, 5.41) is 8.82. The summed E-state index contributed by atoms with van der Waals surface area (Å²) in [6, 6.07) is 22.3. The molecule has 170 valence electrons. The second-order valence-corrected chi connectivity index (χ2v) is 8.08. The number of hydrogen-bond acceptors (Lipinski definition) is 4. The predicted molar refractivity (Wildman–Crippen MR) is 135 cm³/mol. The average Bonchev–Trinajstić information content (AvgIpc) is 3.52. The van der Waals surface area contributed by atoms with Crippen LogP contribution in [0.3, 0.4) is 0 Å². The van der Waals surface area contributed by atoms with Gasteiger partial charge in [0.1, 0.15) is 18.1 Å². The van der Waals surface area contributed by atoms with Gasteiger partial charge in [-0.3, -0.25) is 10.1 Å². The Balaban J connectivity index is 1.20. The molecular formula is C28H26N4O2. The lowest BCUT2D eigenvalue weighted by molar-refractivity contribution is 0.303. The topological polar surface area (TPSA) is 75.8 Å². The van der Waals surface area contributed by atoms with E-state index in [4.69, 9.17) is 9.47 Å². The molecule has 3 heterocycles. The minimum Gasteiger partial charge on any atom is -0.496 e. The molecule has 6 nitrogen and oxygen atoms in total. The Morgan fingerprint density at radius 3 is 2.59 bits per heavy atom. The Kier molecular flexibility index (Phi) is 6.38. The molecule has 0 saturated carbocycles. The molecule has 2 aromatic carbocycles. The zero-order valence-electron chi connectivity index (χ0n) is 19.0. The number of nitrogens with one attached hydrogen (secondary N) is 2. The molecule has 0 unspecified atom stereocenters. The number of aromatic amines is 2. The van der Waals surface area contributed by atoms with Gasteiger partial charge in [0.15, 0.2) is 0 Å². The Morgan fingerprint density at radius 1 is 0.882 bits per heavy atom. The van der Waals surface area contributed by atoms with Crippen molar-refractivity contribution in [3.05, 3.63) is 107 Å². The first-order valence-corrected chi connectivity index (χ1v) is 11.3. The lowest BCUT2D eigenvalue weighted by Gasteiger charge is -2.10. The largest absolute Gasteiger partial charge is 0.496 e. The highest BCUT2D eigenvalue weighted by atomic mass is 16.5.